The van der Waals surface area contributed by atoms with Crippen LogP contribution in [0.2, 0.25) is 0 Å². The molecule has 0 fully saturated rings. The maximum Gasteiger partial charge on any atom is 0.263 e. The molecule has 1 N–H and O–H groups in total. The first kappa shape index (κ1) is 12.8. The van der Waals surface area contributed by atoms with Crippen molar-refractivity contribution in [2.75, 3.05) is 20.7 Å². The van der Waals surface area contributed by atoms with Gasteiger partial charge in [0.05, 0.1) is 16.4 Å². The number of aryl methyl sites for hydroxylation is 1. The highest BCUT2D eigenvalue weighted by molar-refractivity contribution is 7.14. The summed E-state index contributed by atoms with van der Waals surface area (Å²) in [4.78, 5) is 14.8. The maximum atomic E-state index is 11.7. The zero-order valence-corrected chi connectivity index (χ0v) is 10.5. The fourth-order valence-electron chi connectivity index (χ4n) is 1.13. The summed E-state index contributed by atoms with van der Waals surface area (Å²) in [5.41, 5.74) is 1.01. The second-order valence-electron chi connectivity index (χ2n) is 3.60. The summed E-state index contributed by atoms with van der Waals surface area (Å²) in [6.07, 6.45) is 0.467. The van der Waals surface area contributed by atoms with Crippen molar-refractivity contribution < 1.29 is 9.90 Å². The molecule has 0 saturated carbocycles. The molecule has 0 bridgehead atoms. The smallest absolute Gasteiger partial charge is 0.263 e. The van der Waals surface area contributed by atoms with E-state index in [9.17, 15) is 4.79 Å². The Kier molecular flexibility index (Phi) is 4.53. The topological polar surface area (TPSA) is 40.5 Å². The minimum absolute atomic E-state index is 0.00306. The third-order valence-electron chi connectivity index (χ3n) is 1.97. The van der Waals surface area contributed by atoms with Crippen molar-refractivity contribution in [3.8, 4) is 11.8 Å². The lowest BCUT2D eigenvalue weighted by atomic mass is 10.2. The van der Waals surface area contributed by atoms with Gasteiger partial charge in [-0.3, -0.25) is 4.79 Å². The summed E-state index contributed by atoms with van der Waals surface area (Å²) in [5.74, 6) is 5.83. The Hall–Kier alpha value is -1.31. The van der Waals surface area contributed by atoms with Gasteiger partial charge >= 0.3 is 0 Å². The molecule has 0 radical (unpaired) electrons. The first-order valence-electron chi connectivity index (χ1n) is 4.98. The molecule has 1 aromatic heterocycles. The third kappa shape index (κ3) is 3.09. The highest BCUT2D eigenvalue weighted by atomic mass is 32.1. The van der Waals surface area contributed by atoms with Gasteiger partial charge in [-0.1, -0.05) is 11.8 Å². The maximum absolute atomic E-state index is 11.7. The van der Waals surface area contributed by atoms with Crippen LogP contribution in [0.25, 0.3) is 0 Å². The summed E-state index contributed by atoms with van der Waals surface area (Å²) in [6, 6.07) is 1.86. The third-order valence-corrected chi connectivity index (χ3v) is 3.11. The van der Waals surface area contributed by atoms with Crippen LogP contribution in [0.3, 0.4) is 0 Å². The van der Waals surface area contributed by atoms with Crippen molar-refractivity contribution in [1.29, 1.82) is 0 Å². The highest BCUT2D eigenvalue weighted by Crippen LogP contribution is 2.21. The van der Waals surface area contributed by atoms with Crippen molar-refractivity contribution in [1.82, 2.24) is 4.90 Å². The molecule has 0 spiro atoms. The van der Waals surface area contributed by atoms with Gasteiger partial charge in [-0.05, 0) is 18.6 Å². The predicted octanol–water partition coefficient (Wildman–Crippen LogP) is 1.49. The molecule has 1 aromatic rings. The molecule has 0 aliphatic rings. The normalized spacial score (nSPS) is 9.50. The Bertz CT molecular complexity index is 438. The van der Waals surface area contributed by atoms with Crippen LogP contribution in [0.15, 0.2) is 6.07 Å². The van der Waals surface area contributed by atoms with Gasteiger partial charge < -0.3 is 10.0 Å². The molecule has 1 heterocycles. The van der Waals surface area contributed by atoms with Crippen LogP contribution in [0.4, 0.5) is 0 Å². The summed E-state index contributed by atoms with van der Waals surface area (Å²) < 4.78 is 0. The van der Waals surface area contributed by atoms with Gasteiger partial charge in [0.2, 0.25) is 0 Å². The molecular formula is C12H15NO2S. The molecule has 1 amide bonds. The average molecular weight is 237 g/mol. The minimum Gasteiger partial charge on any atom is -0.395 e. The van der Waals surface area contributed by atoms with Crippen LogP contribution in [0, 0.1) is 18.8 Å². The van der Waals surface area contributed by atoms with Crippen LogP contribution >= 0.6 is 11.3 Å². The van der Waals surface area contributed by atoms with Crippen LogP contribution in [0.5, 0.6) is 0 Å². The van der Waals surface area contributed by atoms with E-state index in [2.05, 4.69) is 11.8 Å². The van der Waals surface area contributed by atoms with Crippen molar-refractivity contribution in [3.05, 3.63) is 21.4 Å². The van der Waals surface area contributed by atoms with Crippen LogP contribution in [-0.4, -0.2) is 36.6 Å². The molecule has 3 nitrogen and oxygen atoms in total. The number of amides is 1. The van der Waals surface area contributed by atoms with E-state index in [0.29, 0.717) is 11.3 Å². The number of nitrogens with zero attached hydrogens (tertiary/aromatic N) is 1. The zero-order valence-electron chi connectivity index (χ0n) is 9.70. The minimum atomic E-state index is 0.00306. The van der Waals surface area contributed by atoms with E-state index in [0.717, 1.165) is 10.4 Å². The largest absolute Gasteiger partial charge is 0.395 e. The molecule has 0 aliphatic heterocycles. The summed E-state index contributed by atoms with van der Waals surface area (Å²) >= 11 is 1.40. The van der Waals surface area contributed by atoms with E-state index in [1.54, 1.807) is 19.0 Å². The fraction of sp³-hybridized carbons (Fsp3) is 0.417. The number of carbonyl (C=O) groups excluding carboxylic acids is 1. The van der Waals surface area contributed by atoms with E-state index in [1.807, 2.05) is 13.0 Å². The molecule has 0 aromatic carbocycles. The Morgan fingerprint density at radius 2 is 2.25 bits per heavy atom. The van der Waals surface area contributed by atoms with Crippen molar-refractivity contribution in [3.63, 3.8) is 0 Å². The zero-order chi connectivity index (χ0) is 12.1. The van der Waals surface area contributed by atoms with Gasteiger partial charge in [0.25, 0.3) is 5.91 Å². The fourth-order valence-corrected chi connectivity index (χ4v) is 2.20. The lowest BCUT2D eigenvalue weighted by Crippen LogP contribution is -2.20. The Labute approximate surface area is 99.7 Å². The van der Waals surface area contributed by atoms with E-state index >= 15 is 0 Å². The lowest BCUT2D eigenvalue weighted by Gasteiger charge is -2.06. The SMILES string of the molecule is Cc1cc(C(=O)N(C)C)sc1C#CCCO. The number of thiophene rings is 1. The molecule has 4 heteroatoms. The summed E-state index contributed by atoms with van der Waals surface area (Å²) in [5, 5.41) is 8.62. The predicted molar refractivity (Wildman–Crippen MR) is 65.7 cm³/mol. The number of hydrogen-bond acceptors (Lipinski definition) is 3. The van der Waals surface area contributed by atoms with Crippen LogP contribution in [-0.2, 0) is 0 Å². The van der Waals surface area contributed by atoms with Gasteiger partial charge in [-0.2, -0.15) is 0 Å². The van der Waals surface area contributed by atoms with Crippen molar-refractivity contribution in [2.45, 2.75) is 13.3 Å². The molecule has 0 unspecified atom stereocenters. The van der Waals surface area contributed by atoms with E-state index in [-0.39, 0.29) is 12.5 Å². The molecule has 0 atom stereocenters. The Balaban J connectivity index is 2.91. The second kappa shape index (κ2) is 5.69. The Morgan fingerprint density at radius 1 is 1.56 bits per heavy atom. The lowest BCUT2D eigenvalue weighted by molar-refractivity contribution is 0.0832. The molecule has 86 valence electrons. The van der Waals surface area contributed by atoms with E-state index < -0.39 is 0 Å². The number of hydrogen-bond donors (Lipinski definition) is 1. The van der Waals surface area contributed by atoms with Gasteiger partial charge in [-0.25, -0.2) is 0 Å². The Morgan fingerprint density at radius 3 is 2.81 bits per heavy atom. The summed E-state index contributed by atoms with van der Waals surface area (Å²) in [6.45, 7) is 2.01. The monoisotopic (exact) mass is 237 g/mol. The quantitative estimate of drug-likeness (QED) is 0.792. The first-order chi connectivity index (χ1) is 7.56. The van der Waals surface area contributed by atoms with Crippen LogP contribution in [0.1, 0.15) is 26.5 Å². The van der Waals surface area contributed by atoms with Gasteiger partial charge in [0.15, 0.2) is 0 Å². The second-order valence-corrected chi connectivity index (χ2v) is 4.65. The number of aliphatic hydroxyl groups is 1. The molecule has 0 aliphatic carbocycles. The highest BCUT2D eigenvalue weighted by Gasteiger charge is 2.12. The molecular weight excluding hydrogens is 222 g/mol. The number of rotatable bonds is 2. The van der Waals surface area contributed by atoms with Crippen molar-refractivity contribution in [2.24, 2.45) is 0 Å². The van der Waals surface area contributed by atoms with Crippen LogP contribution < -0.4 is 0 Å². The standard InChI is InChI=1S/C12H15NO2S/c1-9-8-11(12(15)13(2)3)16-10(9)6-4-5-7-14/h8,14H,5,7H2,1-3H3. The summed E-state index contributed by atoms with van der Waals surface area (Å²) in [7, 11) is 3.46. The van der Waals surface area contributed by atoms with Gasteiger partial charge in [0.1, 0.15) is 0 Å². The average Bonchev–Trinajstić information content (AvgIpc) is 2.59. The molecule has 16 heavy (non-hydrogen) atoms. The van der Waals surface area contributed by atoms with Crippen molar-refractivity contribution >= 4 is 17.2 Å². The van der Waals surface area contributed by atoms with Gasteiger partial charge in [-0.15, -0.1) is 11.3 Å². The number of carbonyl (C=O) groups is 1. The molecule has 0 saturated heterocycles. The van der Waals surface area contributed by atoms with Gasteiger partial charge in [0, 0.05) is 20.5 Å². The first-order valence-corrected chi connectivity index (χ1v) is 5.79. The number of aliphatic hydroxyl groups excluding tert-OH is 1. The van der Waals surface area contributed by atoms with E-state index in [1.165, 1.54) is 11.3 Å². The molecule has 1 rings (SSSR count). The van der Waals surface area contributed by atoms with E-state index in [4.69, 9.17) is 5.11 Å².